The first-order valence-electron chi connectivity index (χ1n) is 40.7. The third-order valence-electron chi connectivity index (χ3n) is 20.4. The molecule has 3 fully saturated rings. The van der Waals surface area contributed by atoms with Crippen LogP contribution in [0.4, 0.5) is 0 Å². The molecule has 0 bridgehead atoms. The molecule has 3 rings (SSSR count). The van der Waals surface area contributed by atoms with Crippen molar-refractivity contribution in [3.05, 3.63) is 36.5 Å². The summed E-state index contributed by atoms with van der Waals surface area (Å²) in [5.74, 6) is -0.280. The number of aliphatic hydroxyl groups is 11. The summed E-state index contributed by atoms with van der Waals surface area (Å²) in [5.41, 5.74) is 0. The lowest BCUT2D eigenvalue weighted by Crippen LogP contribution is -2.66. The van der Waals surface area contributed by atoms with Crippen molar-refractivity contribution in [1.29, 1.82) is 0 Å². The number of nitrogens with one attached hydrogen (secondary N) is 1. The zero-order chi connectivity index (χ0) is 71.8. The lowest BCUT2D eigenvalue weighted by atomic mass is 9.96. The van der Waals surface area contributed by atoms with E-state index in [9.17, 15) is 61.0 Å². The molecule has 19 nitrogen and oxygen atoms in total. The van der Waals surface area contributed by atoms with Crippen LogP contribution in [0.3, 0.4) is 0 Å². The summed E-state index contributed by atoms with van der Waals surface area (Å²) in [5, 5.41) is 121. The predicted molar refractivity (Wildman–Crippen MR) is 393 cm³/mol. The van der Waals surface area contributed by atoms with Crippen LogP contribution >= 0.6 is 0 Å². The third-order valence-corrected chi connectivity index (χ3v) is 20.4. The Balaban J connectivity index is 1.39. The maximum atomic E-state index is 13.5. The van der Waals surface area contributed by atoms with Gasteiger partial charge in [-0.05, 0) is 57.8 Å². The van der Waals surface area contributed by atoms with E-state index in [1.165, 1.54) is 263 Å². The largest absolute Gasteiger partial charge is 0.394 e. The Morgan fingerprint density at radius 2 is 0.646 bits per heavy atom. The molecular weight excluding hydrogens is 1260 g/mol. The molecule has 0 saturated carbocycles. The van der Waals surface area contributed by atoms with E-state index in [-0.39, 0.29) is 18.9 Å². The molecule has 1 amide bonds. The number of unbranched alkanes of at least 4 members (excludes halogenated alkanes) is 45. The van der Waals surface area contributed by atoms with E-state index in [1.54, 1.807) is 6.08 Å². The Hall–Kier alpha value is -1.99. The van der Waals surface area contributed by atoms with Crippen molar-refractivity contribution in [3.63, 3.8) is 0 Å². The molecule has 0 spiro atoms. The number of ether oxygens (including phenoxy) is 6. The fourth-order valence-electron chi connectivity index (χ4n) is 13.9. The molecule has 582 valence electrons. The highest BCUT2D eigenvalue weighted by atomic mass is 16.8. The average Bonchev–Trinajstić information content (AvgIpc) is 0.784. The predicted octanol–water partition coefficient (Wildman–Crippen LogP) is 13.5. The van der Waals surface area contributed by atoms with Crippen LogP contribution in [0.15, 0.2) is 36.5 Å². The number of hydrogen-bond acceptors (Lipinski definition) is 18. The van der Waals surface area contributed by atoms with Gasteiger partial charge in [-0.25, -0.2) is 0 Å². The van der Waals surface area contributed by atoms with Crippen molar-refractivity contribution in [2.24, 2.45) is 0 Å². The molecule has 3 saturated heterocycles. The third kappa shape index (κ3) is 41.5. The molecule has 0 aliphatic carbocycles. The lowest BCUT2D eigenvalue weighted by molar-refractivity contribution is -0.379. The summed E-state index contributed by atoms with van der Waals surface area (Å²) in [4.78, 5) is 13.5. The van der Waals surface area contributed by atoms with Crippen molar-refractivity contribution in [1.82, 2.24) is 5.32 Å². The zero-order valence-corrected chi connectivity index (χ0v) is 62.2. The first-order valence-corrected chi connectivity index (χ1v) is 40.7. The van der Waals surface area contributed by atoms with Crippen LogP contribution in [0.5, 0.6) is 0 Å². The van der Waals surface area contributed by atoms with Crippen molar-refractivity contribution in [3.8, 4) is 0 Å². The highest BCUT2D eigenvalue weighted by Gasteiger charge is 2.54. The van der Waals surface area contributed by atoms with Gasteiger partial charge in [0, 0.05) is 6.42 Å². The SMILES string of the molecule is CCCCCCCCCC/C=C\CCCCCCCCCCCCCCCCCC(=O)NC(COC1OC(CO)C(OC2OC(CO)C(OC3OC(CO)C(O)C(O)C3O)C(O)C2O)C(O)C1O)C(O)/C=C/CC/C=C/CCCCCCCCCCCCCCCCCCCCCCC. The van der Waals surface area contributed by atoms with Crippen molar-refractivity contribution < 1.29 is 89.4 Å². The Morgan fingerprint density at radius 3 is 1.01 bits per heavy atom. The molecule has 0 aromatic rings. The smallest absolute Gasteiger partial charge is 0.220 e. The number of allylic oxidation sites excluding steroid dienone is 5. The van der Waals surface area contributed by atoms with Gasteiger partial charge in [0.25, 0.3) is 0 Å². The van der Waals surface area contributed by atoms with Crippen molar-refractivity contribution in [2.75, 3.05) is 26.4 Å². The first-order chi connectivity index (χ1) is 48.3. The van der Waals surface area contributed by atoms with Gasteiger partial charge in [-0.15, -0.1) is 0 Å². The second-order valence-corrected chi connectivity index (χ2v) is 29.2. The summed E-state index contributed by atoms with van der Waals surface area (Å²) < 4.78 is 34.4. The summed E-state index contributed by atoms with van der Waals surface area (Å²) >= 11 is 0. The normalized spacial score (nSPS) is 26.7. The van der Waals surface area contributed by atoms with Gasteiger partial charge >= 0.3 is 0 Å². The maximum Gasteiger partial charge on any atom is 0.220 e. The minimum absolute atomic E-state index is 0.238. The molecule has 3 aliphatic rings. The lowest BCUT2D eigenvalue weighted by Gasteiger charge is -2.48. The van der Waals surface area contributed by atoms with Crippen molar-refractivity contribution >= 4 is 5.91 Å². The zero-order valence-electron chi connectivity index (χ0n) is 62.2. The van der Waals surface area contributed by atoms with Crippen LogP contribution in [-0.4, -0.2) is 193 Å². The van der Waals surface area contributed by atoms with Gasteiger partial charge in [-0.3, -0.25) is 4.79 Å². The van der Waals surface area contributed by atoms with Gasteiger partial charge in [0.2, 0.25) is 5.91 Å². The van der Waals surface area contributed by atoms with E-state index in [2.05, 4.69) is 43.5 Å². The van der Waals surface area contributed by atoms with Gasteiger partial charge in [0.15, 0.2) is 18.9 Å². The van der Waals surface area contributed by atoms with Gasteiger partial charge in [0.1, 0.15) is 73.2 Å². The number of carbonyl (C=O) groups is 1. The number of amides is 1. The molecule has 17 atom stereocenters. The number of carbonyl (C=O) groups excluding carboxylic acids is 1. The maximum absolute atomic E-state index is 13.5. The standard InChI is InChI=1S/C80H149NO18/c1-3-5-7-9-11-13-15-17-19-21-23-25-27-29-31-33-35-37-39-41-43-45-47-49-51-53-55-57-64(85)63(81-68(86)58-56-54-52-50-48-46-44-42-40-38-36-34-32-30-28-26-24-22-20-18-16-14-12-10-8-6-4-2)62-94-78-74(92)71(89)76(66(60-83)96-78)99-80-75(93)72(90)77(67(61-84)97-80)98-79-73(91)70(88)69(87)65(59-82)95-79/h22,24,47,49,55,57,63-67,69-80,82-85,87-93H,3-21,23,25-46,48,50-54,56,58-62H2,1-2H3,(H,81,86)/b24-22-,49-47+,57-55+. The van der Waals surface area contributed by atoms with Crippen LogP contribution in [0, 0.1) is 0 Å². The van der Waals surface area contributed by atoms with Gasteiger partial charge in [-0.1, -0.05) is 307 Å². The van der Waals surface area contributed by atoms with E-state index >= 15 is 0 Å². The second-order valence-electron chi connectivity index (χ2n) is 29.2. The second kappa shape index (κ2) is 61.2. The summed E-state index contributed by atoms with van der Waals surface area (Å²) in [6, 6.07) is -0.990. The number of aliphatic hydroxyl groups excluding tert-OH is 11. The molecule has 3 aliphatic heterocycles. The van der Waals surface area contributed by atoms with E-state index in [1.807, 2.05) is 6.08 Å². The van der Waals surface area contributed by atoms with Crippen LogP contribution in [-0.2, 0) is 33.2 Å². The Kier molecular flexibility index (Phi) is 56.4. The number of hydrogen-bond donors (Lipinski definition) is 12. The Bertz CT molecular complexity index is 1930. The minimum atomic E-state index is -1.98. The molecule has 17 unspecified atom stereocenters. The van der Waals surface area contributed by atoms with Crippen LogP contribution in [0.2, 0.25) is 0 Å². The molecule has 0 aromatic carbocycles. The minimum Gasteiger partial charge on any atom is -0.394 e. The molecule has 12 N–H and O–H groups in total. The molecule has 19 heteroatoms. The Labute approximate surface area is 600 Å². The van der Waals surface area contributed by atoms with E-state index < -0.39 is 124 Å². The van der Waals surface area contributed by atoms with Crippen LogP contribution in [0.1, 0.15) is 335 Å². The first kappa shape index (κ1) is 91.2. The van der Waals surface area contributed by atoms with Gasteiger partial charge in [-0.2, -0.15) is 0 Å². The van der Waals surface area contributed by atoms with E-state index in [0.717, 1.165) is 38.5 Å². The number of rotatable bonds is 65. The van der Waals surface area contributed by atoms with Crippen LogP contribution in [0.25, 0.3) is 0 Å². The summed E-state index contributed by atoms with van der Waals surface area (Å²) in [7, 11) is 0. The fraction of sp³-hybridized carbons (Fsp3) is 0.912. The topological polar surface area (TPSA) is 307 Å². The Morgan fingerprint density at radius 1 is 0.354 bits per heavy atom. The fourth-order valence-corrected chi connectivity index (χ4v) is 13.9. The quantitative estimate of drug-likeness (QED) is 0.0199. The van der Waals surface area contributed by atoms with Crippen LogP contribution < -0.4 is 5.32 Å². The average molecular weight is 1410 g/mol. The van der Waals surface area contributed by atoms with Gasteiger partial charge < -0.3 is 89.9 Å². The molecule has 3 heterocycles. The monoisotopic (exact) mass is 1410 g/mol. The summed E-state index contributed by atoms with van der Waals surface area (Å²) in [6.45, 7) is 1.77. The molecule has 0 aromatic heterocycles. The summed E-state index contributed by atoms with van der Waals surface area (Å²) in [6.07, 6.45) is 48.5. The molecule has 99 heavy (non-hydrogen) atoms. The van der Waals surface area contributed by atoms with E-state index in [4.69, 9.17) is 28.4 Å². The van der Waals surface area contributed by atoms with Gasteiger partial charge in [0.05, 0.1) is 38.6 Å². The molecule has 0 radical (unpaired) electrons. The molecular formula is C80H149NO18. The van der Waals surface area contributed by atoms with Crippen molar-refractivity contribution in [2.45, 2.75) is 439 Å². The highest BCUT2D eigenvalue weighted by molar-refractivity contribution is 5.76. The highest BCUT2D eigenvalue weighted by Crippen LogP contribution is 2.33. The van der Waals surface area contributed by atoms with E-state index in [0.29, 0.717) is 12.8 Å².